The zero-order chi connectivity index (χ0) is 23.6. The van der Waals surface area contributed by atoms with Crippen molar-refractivity contribution >= 4 is 33.2 Å². The van der Waals surface area contributed by atoms with Gasteiger partial charge in [0.25, 0.3) is 5.91 Å². The Morgan fingerprint density at radius 3 is 2.67 bits per heavy atom. The number of fused-ring (bicyclic) bond motifs is 1. The SMILES string of the molecule is CCN(CC)S(=O)(=O)c1ccc(Cl)c(C(=O)Nc2cccc(-c3cn4c(n3)CCCC4)c2)c1. The van der Waals surface area contributed by atoms with Crippen LogP contribution in [0.2, 0.25) is 5.02 Å². The van der Waals surface area contributed by atoms with Gasteiger partial charge in [0.15, 0.2) is 0 Å². The van der Waals surface area contributed by atoms with Crippen LogP contribution >= 0.6 is 11.6 Å². The van der Waals surface area contributed by atoms with Gasteiger partial charge in [0.2, 0.25) is 10.0 Å². The first-order valence-electron chi connectivity index (χ1n) is 11.1. The molecule has 0 unspecified atom stereocenters. The number of nitrogens with one attached hydrogen (secondary N) is 1. The van der Waals surface area contributed by atoms with Crippen LogP contribution in [0.15, 0.2) is 53.6 Å². The minimum absolute atomic E-state index is 0.0399. The van der Waals surface area contributed by atoms with Gasteiger partial charge in [-0.25, -0.2) is 13.4 Å². The standard InChI is InChI=1S/C24H27ClN4O3S/c1-3-29(4-2)33(31,32)19-11-12-21(25)20(15-19)24(30)26-18-9-7-8-17(14-18)22-16-28-13-6-5-10-23(28)27-22/h7-9,11-12,14-16H,3-6,10,13H2,1-2H3,(H,26,30). The molecule has 0 bridgehead atoms. The summed E-state index contributed by atoms with van der Waals surface area (Å²) < 4.78 is 29.3. The van der Waals surface area contributed by atoms with Gasteiger partial charge in [-0.05, 0) is 43.2 Å². The molecule has 1 aliphatic rings. The highest BCUT2D eigenvalue weighted by atomic mass is 35.5. The number of sulfonamides is 1. The van der Waals surface area contributed by atoms with Crippen LogP contribution in [0.1, 0.15) is 42.9 Å². The van der Waals surface area contributed by atoms with E-state index in [1.165, 1.54) is 22.5 Å². The zero-order valence-electron chi connectivity index (χ0n) is 18.7. The first kappa shape index (κ1) is 23.5. The van der Waals surface area contributed by atoms with Crippen LogP contribution < -0.4 is 5.32 Å². The Bertz CT molecular complexity index is 1260. The predicted octanol–water partition coefficient (Wildman–Crippen LogP) is 4.82. The number of rotatable bonds is 7. The lowest BCUT2D eigenvalue weighted by molar-refractivity contribution is 0.102. The summed E-state index contributed by atoms with van der Waals surface area (Å²) in [5, 5.41) is 3.02. The molecule has 0 fully saturated rings. The van der Waals surface area contributed by atoms with Crippen molar-refractivity contribution in [3.63, 3.8) is 0 Å². The van der Waals surface area contributed by atoms with Gasteiger partial charge in [-0.3, -0.25) is 4.79 Å². The van der Waals surface area contributed by atoms with E-state index in [1.54, 1.807) is 19.9 Å². The fourth-order valence-corrected chi connectivity index (χ4v) is 5.75. The lowest BCUT2D eigenvalue weighted by Crippen LogP contribution is -2.30. The van der Waals surface area contributed by atoms with Crippen molar-refractivity contribution in [3.05, 3.63) is 65.1 Å². The van der Waals surface area contributed by atoms with Crippen molar-refractivity contribution in [2.24, 2.45) is 0 Å². The summed E-state index contributed by atoms with van der Waals surface area (Å²) in [6.07, 6.45) is 5.33. The lowest BCUT2D eigenvalue weighted by Gasteiger charge is -2.19. The average Bonchev–Trinajstić information content (AvgIpc) is 3.24. The summed E-state index contributed by atoms with van der Waals surface area (Å²) in [5.74, 6) is 0.613. The fourth-order valence-electron chi connectivity index (χ4n) is 4.06. The van der Waals surface area contributed by atoms with E-state index in [4.69, 9.17) is 16.6 Å². The molecule has 0 atom stereocenters. The Balaban J connectivity index is 1.59. The van der Waals surface area contributed by atoms with E-state index in [1.807, 2.05) is 24.4 Å². The molecular weight excluding hydrogens is 460 g/mol. The quantitative estimate of drug-likeness (QED) is 0.518. The van der Waals surface area contributed by atoms with Crippen molar-refractivity contribution in [2.45, 2.75) is 44.6 Å². The number of carbonyl (C=O) groups is 1. The second kappa shape index (κ2) is 9.67. The minimum atomic E-state index is -3.71. The van der Waals surface area contributed by atoms with E-state index < -0.39 is 15.9 Å². The molecule has 9 heteroatoms. The van der Waals surface area contributed by atoms with Gasteiger partial charge in [0, 0.05) is 43.5 Å². The molecule has 1 aliphatic heterocycles. The summed E-state index contributed by atoms with van der Waals surface area (Å²) in [6, 6.07) is 11.6. The Morgan fingerprint density at radius 2 is 1.94 bits per heavy atom. The number of carbonyl (C=O) groups excluding carboxylic acids is 1. The second-order valence-electron chi connectivity index (χ2n) is 7.96. The number of aromatic nitrogens is 2. The first-order chi connectivity index (χ1) is 15.8. The van der Waals surface area contributed by atoms with Gasteiger partial charge in [-0.15, -0.1) is 0 Å². The molecule has 0 radical (unpaired) electrons. The molecular formula is C24H27ClN4O3S. The minimum Gasteiger partial charge on any atom is -0.334 e. The van der Waals surface area contributed by atoms with Gasteiger partial charge < -0.3 is 9.88 Å². The summed E-state index contributed by atoms with van der Waals surface area (Å²) in [6.45, 7) is 5.20. The van der Waals surface area contributed by atoms with Gasteiger partial charge in [-0.1, -0.05) is 37.6 Å². The van der Waals surface area contributed by atoms with Crippen molar-refractivity contribution in [3.8, 4) is 11.3 Å². The maximum Gasteiger partial charge on any atom is 0.257 e. The molecule has 0 aliphatic carbocycles. The van der Waals surface area contributed by atoms with Crippen molar-refractivity contribution in [1.29, 1.82) is 0 Å². The van der Waals surface area contributed by atoms with E-state index in [0.717, 1.165) is 42.9 Å². The third kappa shape index (κ3) is 4.83. The molecule has 0 saturated heterocycles. The number of imidazole rings is 1. The van der Waals surface area contributed by atoms with E-state index in [2.05, 4.69) is 9.88 Å². The van der Waals surface area contributed by atoms with Crippen LogP contribution in [0.3, 0.4) is 0 Å². The van der Waals surface area contributed by atoms with Crippen LogP contribution in [0, 0.1) is 0 Å². The summed E-state index contributed by atoms with van der Waals surface area (Å²) >= 11 is 6.26. The summed E-state index contributed by atoms with van der Waals surface area (Å²) in [7, 11) is -3.71. The Hall–Kier alpha value is -2.68. The number of nitrogens with zero attached hydrogens (tertiary/aromatic N) is 3. The Labute approximate surface area is 199 Å². The van der Waals surface area contributed by atoms with E-state index in [9.17, 15) is 13.2 Å². The normalized spacial score (nSPS) is 13.7. The molecule has 1 aromatic heterocycles. The largest absolute Gasteiger partial charge is 0.334 e. The van der Waals surface area contributed by atoms with Crippen LogP contribution in [0.25, 0.3) is 11.3 Å². The first-order valence-corrected chi connectivity index (χ1v) is 12.9. The summed E-state index contributed by atoms with van der Waals surface area (Å²) in [4.78, 5) is 17.8. The molecule has 1 amide bonds. The topological polar surface area (TPSA) is 84.3 Å². The summed E-state index contributed by atoms with van der Waals surface area (Å²) in [5.41, 5.74) is 2.45. The van der Waals surface area contributed by atoms with Gasteiger partial charge in [0.05, 0.1) is 21.2 Å². The van der Waals surface area contributed by atoms with Crippen molar-refractivity contribution in [1.82, 2.24) is 13.9 Å². The van der Waals surface area contributed by atoms with Gasteiger partial charge in [-0.2, -0.15) is 4.31 Å². The molecule has 33 heavy (non-hydrogen) atoms. The molecule has 174 valence electrons. The van der Waals surface area contributed by atoms with Crippen LogP contribution in [-0.4, -0.2) is 41.3 Å². The average molecular weight is 487 g/mol. The van der Waals surface area contributed by atoms with E-state index in [0.29, 0.717) is 18.8 Å². The highest BCUT2D eigenvalue weighted by Gasteiger charge is 2.24. The van der Waals surface area contributed by atoms with E-state index in [-0.39, 0.29) is 15.5 Å². The molecule has 4 rings (SSSR count). The zero-order valence-corrected chi connectivity index (χ0v) is 20.3. The number of hydrogen-bond acceptors (Lipinski definition) is 4. The molecule has 2 heterocycles. The molecule has 3 aromatic rings. The maximum atomic E-state index is 13.0. The van der Waals surface area contributed by atoms with Crippen molar-refractivity contribution < 1.29 is 13.2 Å². The second-order valence-corrected chi connectivity index (χ2v) is 10.3. The van der Waals surface area contributed by atoms with E-state index >= 15 is 0 Å². The Morgan fingerprint density at radius 1 is 1.15 bits per heavy atom. The van der Waals surface area contributed by atoms with Gasteiger partial charge >= 0.3 is 0 Å². The van der Waals surface area contributed by atoms with Gasteiger partial charge in [0.1, 0.15) is 5.82 Å². The molecule has 0 spiro atoms. The number of benzene rings is 2. The highest BCUT2D eigenvalue weighted by molar-refractivity contribution is 7.89. The number of anilines is 1. The number of aryl methyl sites for hydroxylation is 2. The van der Waals surface area contributed by atoms with Crippen LogP contribution in [-0.2, 0) is 23.0 Å². The molecule has 0 saturated carbocycles. The highest BCUT2D eigenvalue weighted by Crippen LogP contribution is 2.27. The third-order valence-corrected chi connectivity index (χ3v) is 8.23. The smallest absolute Gasteiger partial charge is 0.257 e. The molecule has 2 aromatic carbocycles. The number of hydrogen-bond donors (Lipinski definition) is 1. The lowest BCUT2D eigenvalue weighted by atomic mass is 10.1. The van der Waals surface area contributed by atoms with Crippen molar-refractivity contribution in [2.75, 3.05) is 18.4 Å². The Kier molecular flexibility index (Phi) is 6.88. The monoisotopic (exact) mass is 486 g/mol. The molecule has 1 N–H and O–H groups in total. The van der Waals surface area contributed by atoms with Crippen LogP contribution in [0.5, 0.6) is 0 Å². The maximum absolute atomic E-state index is 13.0. The number of amides is 1. The van der Waals surface area contributed by atoms with Crippen LogP contribution in [0.4, 0.5) is 5.69 Å². The third-order valence-electron chi connectivity index (χ3n) is 5.85. The predicted molar refractivity (Wildman–Crippen MR) is 130 cm³/mol. The fraction of sp³-hybridized carbons (Fsp3) is 0.333. The number of halogens is 1. The molecule has 7 nitrogen and oxygen atoms in total.